The average molecular weight is 294 g/mol. The van der Waals surface area contributed by atoms with Gasteiger partial charge in [-0.15, -0.1) is 0 Å². The van der Waals surface area contributed by atoms with E-state index in [1.807, 2.05) is 30.3 Å². The molecule has 1 aromatic rings. The summed E-state index contributed by atoms with van der Waals surface area (Å²) in [4.78, 5) is 10.9. The highest BCUT2D eigenvalue weighted by Crippen LogP contribution is 2.16. The third kappa shape index (κ3) is 8.32. The van der Waals surface area contributed by atoms with E-state index in [0.717, 1.165) is 44.4 Å². The van der Waals surface area contributed by atoms with Gasteiger partial charge in [-0.2, -0.15) is 0 Å². The van der Waals surface area contributed by atoms with E-state index in [9.17, 15) is 4.79 Å². The summed E-state index contributed by atoms with van der Waals surface area (Å²) in [5.74, 6) is 0. The topological polar surface area (TPSA) is 84.6 Å². The second kappa shape index (κ2) is 11.1. The number of amides is 1. The molecule has 1 aromatic carbocycles. The van der Waals surface area contributed by atoms with Crippen LogP contribution in [0.4, 0.5) is 4.79 Å². The van der Waals surface area contributed by atoms with E-state index in [0.29, 0.717) is 13.0 Å². The molecule has 0 aromatic heterocycles. The molecule has 0 radical (unpaired) electrons. The summed E-state index contributed by atoms with van der Waals surface area (Å²) in [5, 5.41) is 11.4. The smallest absolute Gasteiger partial charge is 0.405 e. The van der Waals surface area contributed by atoms with Crippen LogP contribution in [-0.2, 0) is 4.74 Å². The van der Waals surface area contributed by atoms with Gasteiger partial charge in [0.15, 0.2) is 0 Å². The molecule has 1 amide bonds. The molecular formula is C16H26N2O3. The maximum Gasteiger partial charge on any atom is 0.405 e. The average Bonchev–Trinajstić information content (AvgIpc) is 2.49. The van der Waals surface area contributed by atoms with Crippen molar-refractivity contribution < 1.29 is 14.6 Å². The Labute approximate surface area is 126 Å². The molecule has 0 aliphatic rings. The molecule has 4 N–H and O–H groups in total. The van der Waals surface area contributed by atoms with Crippen LogP contribution >= 0.6 is 0 Å². The van der Waals surface area contributed by atoms with E-state index in [2.05, 4.69) is 5.32 Å². The van der Waals surface area contributed by atoms with Crippen LogP contribution in [-0.4, -0.2) is 31.0 Å². The first-order valence-electron chi connectivity index (χ1n) is 7.56. The van der Waals surface area contributed by atoms with E-state index in [1.165, 1.54) is 0 Å². The van der Waals surface area contributed by atoms with Crippen molar-refractivity contribution in [3.05, 3.63) is 35.9 Å². The van der Waals surface area contributed by atoms with Gasteiger partial charge >= 0.3 is 6.09 Å². The number of hydrogen-bond donors (Lipinski definition) is 3. The molecule has 0 saturated carbocycles. The summed E-state index contributed by atoms with van der Waals surface area (Å²) < 4.78 is 5.58. The minimum absolute atomic E-state index is 0.221. The third-order valence-electron chi connectivity index (χ3n) is 3.29. The molecule has 1 atom stereocenters. The van der Waals surface area contributed by atoms with Crippen LogP contribution in [0.15, 0.2) is 30.3 Å². The minimum atomic E-state index is -1.01. The molecule has 0 aliphatic heterocycles. The lowest BCUT2D eigenvalue weighted by Gasteiger charge is -2.17. The lowest BCUT2D eigenvalue weighted by Crippen LogP contribution is -2.27. The molecule has 118 valence electrons. The minimum Gasteiger partial charge on any atom is -0.465 e. The number of unbranched alkanes of at least 4 members (excludes halogenated alkanes) is 3. The number of carbonyl (C=O) groups is 1. The van der Waals surface area contributed by atoms with Crippen molar-refractivity contribution in [1.29, 1.82) is 0 Å². The van der Waals surface area contributed by atoms with Crippen LogP contribution in [0.2, 0.25) is 0 Å². The maximum atomic E-state index is 10.9. The van der Waals surface area contributed by atoms with Gasteiger partial charge in [0.1, 0.15) is 0 Å². The molecule has 0 fully saturated rings. The Balaban J connectivity index is 2.23. The molecule has 0 heterocycles. The quantitative estimate of drug-likeness (QED) is 0.548. The molecule has 0 bridgehead atoms. The predicted molar refractivity (Wildman–Crippen MR) is 83.3 cm³/mol. The van der Waals surface area contributed by atoms with Gasteiger partial charge in [-0.05, 0) is 31.4 Å². The van der Waals surface area contributed by atoms with Gasteiger partial charge in [0.05, 0.1) is 6.04 Å². The second-order valence-corrected chi connectivity index (χ2v) is 5.02. The zero-order valence-electron chi connectivity index (χ0n) is 12.5. The number of ether oxygens (including phenoxy) is 1. The van der Waals surface area contributed by atoms with Crippen molar-refractivity contribution in [3.63, 3.8) is 0 Å². The van der Waals surface area contributed by atoms with Gasteiger partial charge in [0.25, 0.3) is 0 Å². The second-order valence-electron chi connectivity index (χ2n) is 5.02. The van der Waals surface area contributed by atoms with E-state index >= 15 is 0 Å². The molecule has 5 heteroatoms. The van der Waals surface area contributed by atoms with Crippen LogP contribution in [0.25, 0.3) is 0 Å². The SMILES string of the molecule is NCCCCCCOCCC(NC(=O)O)c1ccccc1. The molecule has 5 nitrogen and oxygen atoms in total. The van der Waals surface area contributed by atoms with Gasteiger partial charge in [-0.3, -0.25) is 0 Å². The monoisotopic (exact) mass is 294 g/mol. The maximum absolute atomic E-state index is 10.9. The molecular weight excluding hydrogens is 268 g/mol. The Morgan fingerprint density at radius 1 is 1.14 bits per heavy atom. The van der Waals surface area contributed by atoms with Crippen LogP contribution in [0.3, 0.4) is 0 Å². The van der Waals surface area contributed by atoms with Crippen molar-refractivity contribution in [1.82, 2.24) is 5.32 Å². The van der Waals surface area contributed by atoms with Crippen molar-refractivity contribution in [2.24, 2.45) is 5.73 Å². The van der Waals surface area contributed by atoms with Crippen LogP contribution < -0.4 is 11.1 Å². The number of benzene rings is 1. The largest absolute Gasteiger partial charge is 0.465 e. The summed E-state index contributed by atoms with van der Waals surface area (Å²) in [6.45, 7) is 2.02. The Bertz CT molecular complexity index is 384. The van der Waals surface area contributed by atoms with Crippen LogP contribution in [0.5, 0.6) is 0 Å². The van der Waals surface area contributed by atoms with Crippen molar-refractivity contribution in [3.8, 4) is 0 Å². The number of carboxylic acid groups (broad SMARTS) is 1. The molecule has 0 aliphatic carbocycles. The highest BCUT2D eigenvalue weighted by atomic mass is 16.5. The Hall–Kier alpha value is -1.59. The first kappa shape index (κ1) is 17.5. The van der Waals surface area contributed by atoms with Gasteiger partial charge in [0, 0.05) is 13.2 Å². The zero-order chi connectivity index (χ0) is 15.3. The summed E-state index contributed by atoms with van der Waals surface area (Å²) >= 11 is 0. The first-order chi connectivity index (χ1) is 10.2. The van der Waals surface area contributed by atoms with Gasteiger partial charge < -0.3 is 20.9 Å². The Morgan fingerprint density at radius 2 is 1.86 bits per heavy atom. The summed E-state index contributed by atoms with van der Waals surface area (Å²) in [6, 6.07) is 9.36. The fourth-order valence-electron chi connectivity index (χ4n) is 2.16. The van der Waals surface area contributed by atoms with Crippen LogP contribution in [0, 0.1) is 0 Å². The molecule has 0 spiro atoms. The van der Waals surface area contributed by atoms with Crippen LogP contribution in [0.1, 0.15) is 43.7 Å². The van der Waals surface area contributed by atoms with E-state index in [4.69, 9.17) is 15.6 Å². The third-order valence-corrected chi connectivity index (χ3v) is 3.29. The number of nitrogens with one attached hydrogen (secondary N) is 1. The summed E-state index contributed by atoms with van der Waals surface area (Å²) in [6.07, 6.45) is 4.01. The highest BCUT2D eigenvalue weighted by Gasteiger charge is 2.13. The Morgan fingerprint density at radius 3 is 2.52 bits per heavy atom. The van der Waals surface area contributed by atoms with Crippen molar-refractivity contribution in [2.75, 3.05) is 19.8 Å². The van der Waals surface area contributed by atoms with Gasteiger partial charge in [-0.25, -0.2) is 4.79 Å². The fourth-order valence-corrected chi connectivity index (χ4v) is 2.16. The van der Waals surface area contributed by atoms with Gasteiger partial charge in [-0.1, -0.05) is 43.2 Å². The predicted octanol–water partition coefficient (Wildman–Crippen LogP) is 2.92. The highest BCUT2D eigenvalue weighted by molar-refractivity contribution is 5.65. The zero-order valence-corrected chi connectivity index (χ0v) is 12.5. The van der Waals surface area contributed by atoms with E-state index in [-0.39, 0.29) is 6.04 Å². The van der Waals surface area contributed by atoms with E-state index in [1.54, 1.807) is 0 Å². The normalized spacial score (nSPS) is 12.0. The number of nitrogens with two attached hydrogens (primary N) is 1. The summed E-state index contributed by atoms with van der Waals surface area (Å²) in [5.41, 5.74) is 6.40. The fraction of sp³-hybridized carbons (Fsp3) is 0.562. The molecule has 1 unspecified atom stereocenters. The molecule has 21 heavy (non-hydrogen) atoms. The first-order valence-corrected chi connectivity index (χ1v) is 7.56. The lowest BCUT2D eigenvalue weighted by atomic mass is 10.0. The van der Waals surface area contributed by atoms with Crippen molar-refractivity contribution in [2.45, 2.75) is 38.1 Å². The lowest BCUT2D eigenvalue weighted by molar-refractivity contribution is 0.119. The summed E-state index contributed by atoms with van der Waals surface area (Å²) in [7, 11) is 0. The molecule has 0 saturated heterocycles. The Kier molecular flexibility index (Phi) is 9.24. The number of hydrogen-bond acceptors (Lipinski definition) is 3. The number of rotatable bonds is 11. The van der Waals surface area contributed by atoms with Crippen molar-refractivity contribution >= 4 is 6.09 Å². The van der Waals surface area contributed by atoms with E-state index < -0.39 is 6.09 Å². The standard InChI is InChI=1S/C16H26N2O3/c17-11-6-1-2-7-12-21-13-10-15(18-16(19)20)14-8-4-3-5-9-14/h3-5,8-9,15,18H,1-2,6-7,10-13,17H2,(H,19,20). The molecule has 1 rings (SSSR count). The van der Waals surface area contributed by atoms with Gasteiger partial charge in [0.2, 0.25) is 0 Å².